The van der Waals surface area contributed by atoms with Crippen LogP contribution in [0.25, 0.3) is 0 Å². The summed E-state index contributed by atoms with van der Waals surface area (Å²) in [5.74, 6) is 1.54. The van der Waals surface area contributed by atoms with Crippen molar-refractivity contribution in [3.63, 3.8) is 0 Å². The molecule has 82 valence electrons. The van der Waals surface area contributed by atoms with Crippen LogP contribution in [-0.2, 0) is 0 Å². The van der Waals surface area contributed by atoms with Crippen LogP contribution < -0.4 is 10.6 Å². The third-order valence-electron chi connectivity index (χ3n) is 3.16. The van der Waals surface area contributed by atoms with Gasteiger partial charge in [-0.2, -0.15) is 0 Å². The molecule has 3 heteroatoms. The number of rotatable bonds is 2. The van der Waals surface area contributed by atoms with Gasteiger partial charge in [-0.1, -0.05) is 25.4 Å². The molecule has 2 rings (SSSR count). The lowest BCUT2D eigenvalue weighted by Gasteiger charge is -2.43. The molecule has 2 nitrogen and oxygen atoms in total. The summed E-state index contributed by atoms with van der Waals surface area (Å²) in [6.07, 6.45) is 0. The second-order valence-corrected chi connectivity index (χ2v) is 5.03. The largest absolute Gasteiger partial charge is 0.399 e. The summed E-state index contributed by atoms with van der Waals surface area (Å²) < 4.78 is 0. The molecule has 1 saturated heterocycles. The number of halogens is 1. The van der Waals surface area contributed by atoms with Crippen LogP contribution in [0.5, 0.6) is 0 Å². The van der Waals surface area contributed by atoms with Crippen molar-refractivity contribution < 1.29 is 0 Å². The van der Waals surface area contributed by atoms with E-state index in [1.54, 1.807) is 0 Å². The maximum atomic E-state index is 6.13. The average Bonchev–Trinajstić information content (AvgIpc) is 2.08. The average molecular weight is 225 g/mol. The van der Waals surface area contributed by atoms with Crippen molar-refractivity contribution in [2.45, 2.75) is 13.8 Å². The molecular weight excluding hydrogens is 208 g/mol. The number of hydrogen-bond acceptors (Lipinski definition) is 2. The Bertz CT molecular complexity index is 357. The standard InChI is InChI=1S/C12H17ClN2/c1-8(2)9-6-15(7-9)12-5-10(14)3-4-11(12)13/h3-5,8-9H,6-7,14H2,1-2H3. The van der Waals surface area contributed by atoms with Crippen LogP contribution >= 0.6 is 11.6 Å². The Morgan fingerprint density at radius 2 is 2.07 bits per heavy atom. The fourth-order valence-electron chi connectivity index (χ4n) is 1.90. The van der Waals surface area contributed by atoms with Crippen molar-refractivity contribution in [3.05, 3.63) is 23.2 Å². The molecule has 0 spiro atoms. The first-order valence-corrected chi connectivity index (χ1v) is 5.75. The molecule has 1 aliphatic heterocycles. The first-order valence-electron chi connectivity index (χ1n) is 5.38. The summed E-state index contributed by atoms with van der Waals surface area (Å²) >= 11 is 6.13. The number of nitrogen functional groups attached to an aromatic ring is 1. The van der Waals surface area contributed by atoms with E-state index in [9.17, 15) is 0 Å². The summed E-state index contributed by atoms with van der Waals surface area (Å²) in [5, 5.41) is 0.798. The molecule has 1 aromatic rings. The number of nitrogens with zero attached hydrogens (tertiary/aromatic N) is 1. The molecular formula is C12H17ClN2. The second-order valence-electron chi connectivity index (χ2n) is 4.62. The third kappa shape index (κ3) is 2.05. The quantitative estimate of drug-likeness (QED) is 0.783. The molecule has 1 fully saturated rings. The minimum atomic E-state index is 0.751. The predicted molar refractivity (Wildman–Crippen MR) is 66.4 cm³/mol. The van der Waals surface area contributed by atoms with E-state index in [1.807, 2.05) is 18.2 Å². The second kappa shape index (κ2) is 3.93. The number of hydrogen-bond donors (Lipinski definition) is 1. The summed E-state index contributed by atoms with van der Waals surface area (Å²) in [5.41, 5.74) is 7.61. The van der Waals surface area contributed by atoms with Crippen molar-refractivity contribution in [2.24, 2.45) is 11.8 Å². The molecule has 0 saturated carbocycles. The van der Waals surface area contributed by atoms with Gasteiger partial charge in [0, 0.05) is 18.8 Å². The maximum absolute atomic E-state index is 6.13. The highest BCUT2D eigenvalue weighted by atomic mass is 35.5. The zero-order valence-corrected chi connectivity index (χ0v) is 9.96. The predicted octanol–water partition coefficient (Wildman–Crippen LogP) is 3.01. The van der Waals surface area contributed by atoms with Gasteiger partial charge in [-0.05, 0) is 30.0 Å². The van der Waals surface area contributed by atoms with Gasteiger partial charge < -0.3 is 10.6 Å². The lowest BCUT2D eigenvalue weighted by Crippen LogP contribution is -2.49. The van der Waals surface area contributed by atoms with Crippen LogP contribution in [0, 0.1) is 11.8 Å². The van der Waals surface area contributed by atoms with E-state index in [1.165, 1.54) is 0 Å². The van der Waals surface area contributed by atoms with Crippen molar-refractivity contribution in [2.75, 3.05) is 23.7 Å². The van der Waals surface area contributed by atoms with Gasteiger partial charge in [0.05, 0.1) is 10.7 Å². The lowest BCUT2D eigenvalue weighted by molar-refractivity contribution is 0.310. The molecule has 0 amide bonds. The molecule has 0 atom stereocenters. The van der Waals surface area contributed by atoms with E-state index >= 15 is 0 Å². The Balaban J connectivity index is 2.09. The SMILES string of the molecule is CC(C)C1CN(c2cc(N)ccc2Cl)C1. The highest BCUT2D eigenvalue weighted by Gasteiger charge is 2.30. The zero-order valence-electron chi connectivity index (χ0n) is 9.20. The number of anilines is 2. The van der Waals surface area contributed by atoms with Crippen LogP contribution in [0.1, 0.15) is 13.8 Å². The van der Waals surface area contributed by atoms with Crippen LogP contribution in [0.15, 0.2) is 18.2 Å². The molecule has 2 N–H and O–H groups in total. The van der Waals surface area contributed by atoms with Gasteiger partial charge >= 0.3 is 0 Å². The number of benzene rings is 1. The Morgan fingerprint density at radius 3 is 2.67 bits per heavy atom. The molecule has 0 unspecified atom stereocenters. The van der Waals surface area contributed by atoms with Crippen molar-refractivity contribution >= 4 is 23.0 Å². The Hall–Kier alpha value is -0.890. The van der Waals surface area contributed by atoms with E-state index in [4.69, 9.17) is 17.3 Å². The smallest absolute Gasteiger partial charge is 0.0641 e. The number of nitrogens with two attached hydrogens (primary N) is 1. The van der Waals surface area contributed by atoms with Gasteiger partial charge in [0.25, 0.3) is 0 Å². The van der Waals surface area contributed by atoms with E-state index < -0.39 is 0 Å². The maximum Gasteiger partial charge on any atom is 0.0641 e. The van der Waals surface area contributed by atoms with Crippen LogP contribution in [-0.4, -0.2) is 13.1 Å². The molecule has 0 aliphatic carbocycles. The van der Waals surface area contributed by atoms with Gasteiger partial charge in [-0.25, -0.2) is 0 Å². The molecule has 0 aromatic heterocycles. The summed E-state index contributed by atoms with van der Waals surface area (Å²) in [6, 6.07) is 5.67. The molecule has 1 heterocycles. The van der Waals surface area contributed by atoms with Crippen LogP contribution in [0.3, 0.4) is 0 Å². The monoisotopic (exact) mass is 224 g/mol. The Kier molecular flexibility index (Phi) is 2.79. The highest BCUT2D eigenvalue weighted by molar-refractivity contribution is 6.33. The van der Waals surface area contributed by atoms with Crippen LogP contribution in [0.2, 0.25) is 5.02 Å². The van der Waals surface area contributed by atoms with E-state index in [2.05, 4.69) is 18.7 Å². The van der Waals surface area contributed by atoms with Crippen molar-refractivity contribution in [1.82, 2.24) is 0 Å². The lowest BCUT2D eigenvalue weighted by atomic mass is 9.88. The minimum Gasteiger partial charge on any atom is -0.399 e. The van der Waals surface area contributed by atoms with Gasteiger partial charge in [0.15, 0.2) is 0 Å². The van der Waals surface area contributed by atoms with Gasteiger partial charge in [0.1, 0.15) is 0 Å². The first kappa shape index (κ1) is 10.6. The molecule has 1 aliphatic rings. The zero-order chi connectivity index (χ0) is 11.0. The minimum absolute atomic E-state index is 0.751. The molecule has 1 aromatic carbocycles. The van der Waals surface area contributed by atoms with Gasteiger partial charge in [0.2, 0.25) is 0 Å². The third-order valence-corrected chi connectivity index (χ3v) is 3.48. The summed E-state index contributed by atoms with van der Waals surface area (Å²) in [6.45, 7) is 6.73. The van der Waals surface area contributed by atoms with Crippen LogP contribution in [0.4, 0.5) is 11.4 Å². The van der Waals surface area contributed by atoms with E-state index in [-0.39, 0.29) is 0 Å². The molecule has 0 bridgehead atoms. The fraction of sp³-hybridized carbons (Fsp3) is 0.500. The Morgan fingerprint density at radius 1 is 1.40 bits per heavy atom. The topological polar surface area (TPSA) is 29.3 Å². The fourth-order valence-corrected chi connectivity index (χ4v) is 2.14. The Labute approximate surface area is 96.0 Å². The summed E-state index contributed by atoms with van der Waals surface area (Å²) in [7, 11) is 0. The van der Waals surface area contributed by atoms with Crippen molar-refractivity contribution in [3.8, 4) is 0 Å². The van der Waals surface area contributed by atoms with Crippen molar-refractivity contribution in [1.29, 1.82) is 0 Å². The first-order chi connectivity index (χ1) is 7.08. The van der Waals surface area contributed by atoms with Gasteiger partial charge in [-0.15, -0.1) is 0 Å². The molecule has 15 heavy (non-hydrogen) atoms. The van der Waals surface area contributed by atoms with E-state index in [0.717, 1.165) is 41.3 Å². The van der Waals surface area contributed by atoms with E-state index in [0.29, 0.717) is 0 Å². The molecule has 0 radical (unpaired) electrons. The van der Waals surface area contributed by atoms with Gasteiger partial charge in [-0.3, -0.25) is 0 Å². The highest BCUT2D eigenvalue weighted by Crippen LogP contribution is 2.34. The summed E-state index contributed by atoms with van der Waals surface area (Å²) in [4.78, 5) is 2.30. The normalized spacial score (nSPS) is 16.9.